The second-order valence-corrected chi connectivity index (χ2v) is 7.81. The summed E-state index contributed by atoms with van der Waals surface area (Å²) in [5.41, 5.74) is -0.361. The minimum Gasteiger partial charge on any atom is -0.465 e. The van der Waals surface area contributed by atoms with Crippen molar-refractivity contribution in [2.24, 2.45) is 0 Å². The molecular weight excluding hydrogens is 356 g/mol. The van der Waals surface area contributed by atoms with Gasteiger partial charge in [-0.2, -0.15) is 0 Å². The summed E-state index contributed by atoms with van der Waals surface area (Å²) in [7, 11) is 0. The first-order valence-corrected chi connectivity index (χ1v) is 9.53. The molecule has 2 aliphatic rings. The van der Waals surface area contributed by atoms with Crippen molar-refractivity contribution in [2.45, 2.75) is 56.1 Å². The van der Waals surface area contributed by atoms with E-state index in [0.29, 0.717) is 37.4 Å². The third-order valence-corrected chi connectivity index (χ3v) is 5.75. The average Bonchev–Trinajstić information content (AvgIpc) is 3.03. The Morgan fingerprint density at radius 1 is 1.27 bits per heavy atom. The molecule has 2 amide bonds. The summed E-state index contributed by atoms with van der Waals surface area (Å²) in [5, 5.41) is 23.2. The predicted molar refractivity (Wildman–Crippen MR) is 98.4 cm³/mol. The summed E-state index contributed by atoms with van der Waals surface area (Å²) in [4.78, 5) is 25.9. The smallest absolute Gasteiger partial charge is 0.404 e. The summed E-state index contributed by atoms with van der Waals surface area (Å²) in [6.45, 7) is 0.815. The van der Waals surface area contributed by atoms with Crippen LogP contribution in [0, 0.1) is 0 Å². The number of rotatable bonds is 4. The second-order valence-electron chi connectivity index (χ2n) is 7.37. The van der Waals surface area contributed by atoms with Gasteiger partial charge in [-0.15, -0.1) is 0 Å². The van der Waals surface area contributed by atoms with E-state index in [-0.39, 0.29) is 11.9 Å². The molecule has 1 aliphatic carbocycles. The standard InChI is InChI=1S/C19H25ClN2O4/c20-14-6-4-5-13(11-14)16(19(26)8-2-1-3-9-19)17(23)22-10-7-15(12-22)21-18(24)25/h4-6,11,15-16,21,26H,1-3,7-10,12H2,(H,24,25)/t15-,16-/m0/s1. The fourth-order valence-electron chi connectivity index (χ4n) is 4.26. The highest BCUT2D eigenvalue weighted by molar-refractivity contribution is 6.30. The van der Waals surface area contributed by atoms with Crippen molar-refractivity contribution in [1.82, 2.24) is 10.2 Å². The van der Waals surface area contributed by atoms with Crippen molar-refractivity contribution >= 4 is 23.6 Å². The third-order valence-electron chi connectivity index (χ3n) is 5.51. The number of hydrogen-bond acceptors (Lipinski definition) is 3. The van der Waals surface area contributed by atoms with Crippen LogP contribution >= 0.6 is 11.6 Å². The largest absolute Gasteiger partial charge is 0.465 e. The molecule has 1 saturated carbocycles. The van der Waals surface area contributed by atoms with Crippen LogP contribution in [0.3, 0.4) is 0 Å². The van der Waals surface area contributed by atoms with Crippen LogP contribution in [0.5, 0.6) is 0 Å². The Labute approximate surface area is 158 Å². The number of carbonyl (C=O) groups is 2. The Morgan fingerprint density at radius 3 is 2.65 bits per heavy atom. The highest BCUT2D eigenvalue weighted by atomic mass is 35.5. The van der Waals surface area contributed by atoms with E-state index in [1.807, 2.05) is 6.07 Å². The van der Waals surface area contributed by atoms with Crippen molar-refractivity contribution < 1.29 is 19.8 Å². The van der Waals surface area contributed by atoms with Gasteiger partial charge < -0.3 is 20.4 Å². The maximum atomic E-state index is 13.3. The van der Waals surface area contributed by atoms with Gasteiger partial charge in [0, 0.05) is 18.1 Å². The monoisotopic (exact) mass is 380 g/mol. The maximum absolute atomic E-state index is 13.3. The zero-order chi connectivity index (χ0) is 18.7. The third kappa shape index (κ3) is 4.13. The molecule has 7 heteroatoms. The van der Waals surface area contributed by atoms with Crippen LogP contribution in [0.4, 0.5) is 4.79 Å². The number of likely N-dealkylation sites (tertiary alicyclic amines) is 1. The zero-order valence-corrected chi connectivity index (χ0v) is 15.4. The molecule has 2 fully saturated rings. The van der Waals surface area contributed by atoms with Crippen molar-refractivity contribution in [2.75, 3.05) is 13.1 Å². The van der Waals surface area contributed by atoms with E-state index in [0.717, 1.165) is 24.8 Å². The van der Waals surface area contributed by atoms with Crippen LogP contribution in [0.15, 0.2) is 24.3 Å². The Balaban J connectivity index is 1.86. The van der Waals surface area contributed by atoms with Crippen LogP contribution in [0.2, 0.25) is 5.02 Å². The number of aliphatic hydroxyl groups is 1. The molecule has 1 saturated heterocycles. The molecule has 3 rings (SSSR count). The topological polar surface area (TPSA) is 89.9 Å². The lowest BCUT2D eigenvalue weighted by molar-refractivity contribution is -0.140. The fraction of sp³-hybridized carbons (Fsp3) is 0.579. The first kappa shape index (κ1) is 19.0. The van der Waals surface area contributed by atoms with Crippen molar-refractivity contribution in [1.29, 1.82) is 0 Å². The van der Waals surface area contributed by atoms with Gasteiger partial charge in [0.25, 0.3) is 0 Å². The summed E-state index contributed by atoms with van der Waals surface area (Å²) in [5.74, 6) is -0.823. The van der Waals surface area contributed by atoms with Crippen molar-refractivity contribution in [3.05, 3.63) is 34.9 Å². The summed E-state index contributed by atoms with van der Waals surface area (Å²) in [6, 6.07) is 6.87. The number of amides is 2. The lowest BCUT2D eigenvalue weighted by Crippen LogP contribution is -2.48. The highest BCUT2D eigenvalue weighted by Gasteiger charge is 2.45. The van der Waals surface area contributed by atoms with Gasteiger partial charge in [-0.3, -0.25) is 4.79 Å². The van der Waals surface area contributed by atoms with E-state index in [1.54, 1.807) is 23.1 Å². The molecule has 0 radical (unpaired) electrons. The molecule has 3 N–H and O–H groups in total. The summed E-state index contributed by atoms with van der Waals surface area (Å²) >= 11 is 6.14. The summed E-state index contributed by atoms with van der Waals surface area (Å²) < 4.78 is 0. The first-order chi connectivity index (χ1) is 12.4. The lowest BCUT2D eigenvalue weighted by atomic mass is 9.72. The predicted octanol–water partition coefficient (Wildman–Crippen LogP) is 2.99. The fourth-order valence-corrected chi connectivity index (χ4v) is 4.46. The van der Waals surface area contributed by atoms with Gasteiger partial charge in [-0.05, 0) is 37.0 Å². The van der Waals surface area contributed by atoms with Gasteiger partial charge in [0.1, 0.15) is 0 Å². The number of benzene rings is 1. The molecule has 1 aliphatic heterocycles. The molecule has 142 valence electrons. The molecular formula is C19H25ClN2O4. The van der Waals surface area contributed by atoms with Gasteiger partial charge in [0.15, 0.2) is 0 Å². The summed E-state index contributed by atoms with van der Waals surface area (Å²) in [6.07, 6.45) is 3.52. The minimum atomic E-state index is -1.08. The molecule has 1 heterocycles. The van der Waals surface area contributed by atoms with Crippen LogP contribution in [-0.2, 0) is 4.79 Å². The molecule has 0 spiro atoms. The lowest BCUT2D eigenvalue weighted by Gasteiger charge is -2.40. The van der Waals surface area contributed by atoms with Gasteiger partial charge in [0.05, 0.1) is 17.6 Å². The van der Waals surface area contributed by atoms with Gasteiger partial charge in [-0.25, -0.2) is 4.79 Å². The number of halogens is 1. The molecule has 0 bridgehead atoms. The Kier molecular flexibility index (Phi) is 5.73. The van der Waals surface area contributed by atoms with E-state index in [9.17, 15) is 14.7 Å². The van der Waals surface area contributed by atoms with Crippen molar-refractivity contribution in [3.8, 4) is 0 Å². The molecule has 2 atom stereocenters. The molecule has 0 aromatic heterocycles. The molecule has 1 aromatic rings. The zero-order valence-electron chi connectivity index (χ0n) is 14.7. The van der Waals surface area contributed by atoms with Crippen LogP contribution in [-0.4, -0.2) is 51.8 Å². The van der Waals surface area contributed by atoms with Gasteiger partial charge in [0.2, 0.25) is 5.91 Å². The SMILES string of the molecule is O=C(O)N[C@H]1CCN(C(=O)[C@H](c2cccc(Cl)c2)C2(O)CCCCC2)C1. The number of nitrogens with zero attached hydrogens (tertiary/aromatic N) is 1. The average molecular weight is 381 g/mol. The number of hydrogen-bond donors (Lipinski definition) is 3. The number of nitrogens with one attached hydrogen (secondary N) is 1. The maximum Gasteiger partial charge on any atom is 0.404 e. The van der Waals surface area contributed by atoms with Crippen LogP contribution < -0.4 is 5.32 Å². The van der Waals surface area contributed by atoms with Crippen LogP contribution in [0.25, 0.3) is 0 Å². The molecule has 0 unspecified atom stereocenters. The van der Waals surface area contributed by atoms with E-state index >= 15 is 0 Å². The quantitative estimate of drug-likeness (QED) is 0.749. The molecule has 26 heavy (non-hydrogen) atoms. The number of carboxylic acid groups (broad SMARTS) is 1. The van der Waals surface area contributed by atoms with E-state index in [1.165, 1.54) is 0 Å². The Morgan fingerprint density at radius 2 is 2.00 bits per heavy atom. The second kappa shape index (κ2) is 7.84. The van der Waals surface area contributed by atoms with E-state index in [4.69, 9.17) is 16.7 Å². The normalized spacial score (nSPS) is 23.5. The number of carbonyl (C=O) groups excluding carboxylic acids is 1. The van der Waals surface area contributed by atoms with Crippen LogP contribution in [0.1, 0.15) is 50.0 Å². The van der Waals surface area contributed by atoms with Crippen molar-refractivity contribution in [3.63, 3.8) is 0 Å². The Bertz CT molecular complexity index is 675. The first-order valence-electron chi connectivity index (χ1n) is 9.15. The minimum absolute atomic E-state index is 0.147. The van der Waals surface area contributed by atoms with Gasteiger partial charge >= 0.3 is 6.09 Å². The van der Waals surface area contributed by atoms with E-state index in [2.05, 4.69) is 5.32 Å². The Hall–Kier alpha value is -1.79. The van der Waals surface area contributed by atoms with E-state index < -0.39 is 17.6 Å². The molecule has 6 nitrogen and oxygen atoms in total. The molecule has 1 aromatic carbocycles. The van der Waals surface area contributed by atoms with Gasteiger partial charge in [-0.1, -0.05) is 43.0 Å². The highest BCUT2D eigenvalue weighted by Crippen LogP contribution is 2.42.